The maximum Gasteiger partial charge on any atom is 0.240 e. The second-order valence-electron chi connectivity index (χ2n) is 7.56. The largest absolute Gasteiger partial charge is 0.481 e. The number of fused-ring (bicyclic) bond motifs is 1. The third-order valence-corrected chi connectivity index (χ3v) is 5.82. The van der Waals surface area contributed by atoms with Gasteiger partial charge in [-0.2, -0.15) is 4.39 Å². The van der Waals surface area contributed by atoms with Gasteiger partial charge in [0.05, 0.1) is 18.0 Å². The van der Waals surface area contributed by atoms with Gasteiger partial charge in [-0.3, -0.25) is 5.10 Å². The van der Waals surface area contributed by atoms with Crippen molar-refractivity contribution in [2.75, 3.05) is 7.11 Å². The molecular weight excluding hydrogens is 377 g/mol. The minimum atomic E-state index is -0.487. The Labute approximate surface area is 174 Å². The van der Waals surface area contributed by atoms with Crippen LogP contribution >= 0.6 is 0 Å². The number of pyridine rings is 1. The van der Waals surface area contributed by atoms with Crippen LogP contribution < -0.4 is 4.74 Å². The first-order valence-electron chi connectivity index (χ1n) is 10.1. The van der Waals surface area contributed by atoms with Crippen LogP contribution in [0.4, 0.5) is 4.39 Å². The molecule has 1 aliphatic carbocycles. The number of benzene rings is 2. The number of nitrogens with zero attached hydrogens (tertiary/aromatic N) is 2. The van der Waals surface area contributed by atoms with Crippen molar-refractivity contribution < 1.29 is 9.13 Å². The SMILES string of the molecule is COc1ccc(/C(=C(\c2[c]cccc2)c2ccc3[nH]nc(F)c3c2)C2CCC2)cn1. The molecule has 0 unspecified atom stereocenters. The van der Waals surface area contributed by atoms with Crippen LogP contribution in [0.1, 0.15) is 36.0 Å². The van der Waals surface area contributed by atoms with Gasteiger partial charge in [0, 0.05) is 12.3 Å². The Kier molecular flexibility index (Phi) is 4.79. The number of aromatic nitrogens is 3. The lowest BCUT2D eigenvalue weighted by atomic mass is 9.73. The van der Waals surface area contributed by atoms with Gasteiger partial charge in [0.25, 0.3) is 0 Å². The van der Waals surface area contributed by atoms with E-state index in [4.69, 9.17) is 4.74 Å². The summed E-state index contributed by atoms with van der Waals surface area (Å²) in [6.45, 7) is 0. The molecule has 4 nitrogen and oxygen atoms in total. The molecule has 2 heterocycles. The molecule has 1 radical (unpaired) electrons. The number of halogens is 1. The lowest BCUT2D eigenvalue weighted by Gasteiger charge is -2.31. The van der Waals surface area contributed by atoms with E-state index in [1.165, 1.54) is 12.0 Å². The van der Waals surface area contributed by atoms with Crippen LogP contribution in [0.3, 0.4) is 0 Å². The van der Waals surface area contributed by atoms with Crippen molar-refractivity contribution in [1.82, 2.24) is 15.2 Å². The summed E-state index contributed by atoms with van der Waals surface area (Å²) in [5.41, 5.74) is 5.96. The second-order valence-corrected chi connectivity index (χ2v) is 7.56. The summed E-state index contributed by atoms with van der Waals surface area (Å²) in [6, 6.07) is 21.0. The molecule has 1 fully saturated rings. The number of H-pyrrole nitrogens is 1. The third-order valence-electron chi connectivity index (χ3n) is 5.82. The van der Waals surface area contributed by atoms with E-state index >= 15 is 0 Å². The quantitative estimate of drug-likeness (QED) is 0.472. The molecule has 2 aromatic heterocycles. The number of rotatable bonds is 5. The van der Waals surface area contributed by atoms with E-state index in [-0.39, 0.29) is 0 Å². The summed E-state index contributed by atoms with van der Waals surface area (Å²) < 4.78 is 19.5. The Bertz CT molecular complexity index is 1210. The van der Waals surface area contributed by atoms with Crippen molar-refractivity contribution in [2.45, 2.75) is 19.3 Å². The summed E-state index contributed by atoms with van der Waals surface area (Å²) in [7, 11) is 1.61. The van der Waals surface area contributed by atoms with Crippen LogP contribution in [0.5, 0.6) is 5.88 Å². The molecule has 0 saturated heterocycles. The first-order valence-corrected chi connectivity index (χ1v) is 10.1. The molecule has 5 rings (SSSR count). The molecule has 149 valence electrons. The Hall–Kier alpha value is -3.47. The van der Waals surface area contributed by atoms with E-state index in [9.17, 15) is 4.39 Å². The van der Waals surface area contributed by atoms with Crippen LogP contribution in [0.15, 0.2) is 60.8 Å². The van der Waals surface area contributed by atoms with Gasteiger partial charge < -0.3 is 4.74 Å². The molecule has 1 N–H and O–H groups in total. The number of aromatic amines is 1. The summed E-state index contributed by atoms with van der Waals surface area (Å²) in [5.74, 6) is 0.523. The van der Waals surface area contributed by atoms with E-state index in [1.807, 2.05) is 48.7 Å². The van der Waals surface area contributed by atoms with E-state index in [0.717, 1.165) is 35.1 Å². The molecule has 30 heavy (non-hydrogen) atoms. The highest BCUT2D eigenvalue weighted by Crippen LogP contribution is 2.45. The average molecular weight is 398 g/mol. The number of nitrogens with one attached hydrogen (secondary N) is 1. The summed E-state index contributed by atoms with van der Waals surface area (Å²) >= 11 is 0. The molecule has 2 aromatic carbocycles. The van der Waals surface area contributed by atoms with E-state index in [2.05, 4.69) is 33.4 Å². The number of allylic oxidation sites excluding steroid dienone is 1. The van der Waals surface area contributed by atoms with E-state index < -0.39 is 5.95 Å². The van der Waals surface area contributed by atoms with Crippen LogP contribution in [-0.2, 0) is 0 Å². The number of ether oxygens (including phenoxy) is 1. The van der Waals surface area contributed by atoms with Crippen LogP contribution in [0, 0.1) is 17.9 Å². The monoisotopic (exact) mass is 398 g/mol. The number of methoxy groups -OCH3 is 1. The van der Waals surface area contributed by atoms with Gasteiger partial charge in [-0.25, -0.2) is 4.98 Å². The van der Waals surface area contributed by atoms with Gasteiger partial charge in [0.2, 0.25) is 11.8 Å². The first-order chi connectivity index (χ1) is 14.7. The molecule has 1 saturated carbocycles. The maximum atomic E-state index is 14.2. The van der Waals surface area contributed by atoms with Gasteiger partial charge >= 0.3 is 0 Å². The number of hydrogen-bond acceptors (Lipinski definition) is 3. The Balaban J connectivity index is 1.78. The molecule has 4 aromatic rings. The molecule has 0 atom stereocenters. The minimum absolute atomic E-state index is 0.425. The fourth-order valence-corrected chi connectivity index (χ4v) is 4.08. The van der Waals surface area contributed by atoms with Gasteiger partial charge in [0.15, 0.2) is 0 Å². The molecule has 0 aliphatic heterocycles. The standard InChI is InChI=1S/C25H21FN3O/c1-30-22-13-11-19(15-27-22)24(17-8-5-9-17)23(16-6-3-2-4-7-16)18-10-12-21-20(14-18)25(26)29-28-21/h2-4,6,10-15,17H,5,8-9H2,1H3,(H,28,29)/b24-23+. The summed E-state index contributed by atoms with van der Waals surface area (Å²) in [4.78, 5) is 4.44. The predicted molar refractivity (Wildman–Crippen MR) is 115 cm³/mol. The fraction of sp³-hybridized carbons (Fsp3) is 0.200. The highest BCUT2D eigenvalue weighted by Gasteiger charge is 2.27. The van der Waals surface area contributed by atoms with Gasteiger partial charge in [-0.15, -0.1) is 5.10 Å². The molecule has 5 heteroatoms. The van der Waals surface area contributed by atoms with E-state index in [1.54, 1.807) is 7.11 Å². The summed E-state index contributed by atoms with van der Waals surface area (Å²) in [5, 5.41) is 6.94. The second kappa shape index (κ2) is 7.75. The van der Waals surface area contributed by atoms with Crippen LogP contribution in [0.2, 0.25) is 0 Å². The normalized spacial score (nSPS) is 15.0. The zero-order valence-corrected chi connectivity index (χ0v) is 16.7. The average Bonchev–Trinajstić information content (AvgIpc) is 3.13. The highest BCUT2D eigenvalue weighted by atomic mass is 19.1. The summed E-state index contributed by atoms with van der Waals surface area (Å²) in [6.07, 6.45) is 5.32. The molecule has 1 aliphatic rings. The lowest BCUT2D eigenvalue weighted by molar-refractivity contribution is 0.395. The smallest absolute Gasteiger partial charge is 0.240 e. The molecule has 0 spiro atoms. The third kappa shape index (κ3) is 3.26. The van der Waals surface area contributed by atoms with Crippen LogP contribution in [-0.4, -0.2) is 22.3 Å². The van der Waals surface area contributed by atoms with Crippen molar-refractivity contribution in [3.8, 4) is 5.88 Å². The maximum absolute atomic E-state index is 14.2. The van der Waals surface area contributed by atoms with Gasteiger partial charge in [-0.1, -0.05) is 36.8 Å². The van der Waals surface area contributed by atoms with Crippen LogP contribution in [0.25, 0.3) is 22.0 Å². The topological polar surface area (TPSA) is 50.8 Å². The Morgan fingerprint density at radius 1 is 1.13 bits per heavy atom. The lowest BCUT2D eigenvalue weighted by Crippen LogP contribution is -2.15. The predicted octanol–water partition coefficient (Wildman–Crippen LogP) is 5.66. The van der Waals surface area contributed by atoms with Crippen molar-refractivity contribution in [3.63, 3.8) is 0 Å². The molecule has 0 bridgehead atoms. The van der Waals surface area contributed by atoms with Gasteiger partial charge in [-0.05, 0) is 70.9 Å². The van der Waals surface area contributed by atoms with Gasteiger partial charge in [0.1, 0.15) is 0 Å². The first kappa shape index (κ1) is 18.6. The van der Waals surface area contributed by atoms with Crippen molar-refractivity contribution >= 4 is 22.0 Å². The van der Waals surface area contributed by atoms with Crippen molar-refractivity contribution in [2.24, 2.45) is 5.92 Å². The molecule has 0 amide bonds. The van der Waals surface area contributed by atoms with Crippen molar-refractivity contribution in [1.29, 1.82) is 0 Å². The minimum Gasteiger partial charge on any atom is -0.481 e. The Morgan fingerprint density at radius 3 is 2.67 bits per heavy atom. The van der Waals surface area contributed by atoms with Crippen molar-refractivity contribution in [3.05, 3.63) is 89.5 Å². The molecular formula is C25H21FN3O. The zero-order chi connectivity index (χ0) is 20.5. The van der Waals surface area contributed by atoms with E-state index in [0.29, 0.717) is 22.7 Å². The number of hydrogen-bond donors (Lipinski definition) is 1. The highest BCUT2D eigenvalue weighted by molar-refractivity contribution is 6.01. The fourth-order valence-electron chi connectivity index (χ4n) is 4.08. The zero-order valence-electron chi connectivity index (χ0n) is 16.7. The Morgan fingerprint density at radius 2 is 2.00 bits per heavy atom.